The number of hydrogen-bond donors (Lipinski definition) is 2. The van der Waals surface area contributed by atoms with E-state index in [0.717, 1.165) is 0 Å². The number of phenols is 1. The molecule has 0 fully saturated rings. The van der Waals surface area contributed by atoms with Crippen LogP contribution < -0.4 is 5.32 Å². The van der Waals surface area contributed by atoms with Gasteiger partial charge in [-0.3, -0.25) is 10.1 Å². The Morgan fingerprint density at radius 1 is 1.21 bits per heavy atom. The molecule has 0 saturated heterocycles. The van der Waals surface area contributed by atoms with E-state index in [1.54, 1.807) is 12.1 Å². The number of rotatable bonds is 4. The predicted molar refractivity (Wildman–Crippen MR) is 68.5 cm³/mol. The molecule has 2 N–H and O–H groups in total. The normalized spacial score (nSPS) is 10.2. The van der Waals surface area contributed by atoms with Gasteiger partial charge in [0.1, 0.15) is 11.6 Å². The topological polar surface area (TPSA) is 75.4 Å². The van der Waals surface area contributed by atoms with Gasteiger partial charge < -0.3 is 10.4 Å². The number of nitrogens with zero attached hydrogens (tertiary/aromatic N) is 1. The summed E-state index contributed by atoms with van der Waals surface area (Å²) in [4.78, 5) is 10.1. The number of halogens is 1. The monoisotopic (exact) mass is 262 g/mol. The summed E-state index contributed by atoms with van der Waals surface area (Å²) in [6, 6.07) is 9.50. The van der Waals surface area contributed by atoms with Crippen LogP contribution in [0.25, 0.3) is 0 Å². The van der Waals surface area contributed by atoms with E-state index in [-0.39, 0.29) is 23.8 Å². The minimum absolute atomic E-state index is 0.0276. The Hall–Kier alpha value is -2.63. The fourth-order valence-electron chi connectivity index (χ4n) is 1.59. The molecule has 2 aromatic carbocycles. The first-order valence-electron chi connectivity index (χ1n) is 5.52. The van der Waals surface area contributed by atoms with Crippen LogP contribution in [0.2, 0.25) is 0 Å². The van der Waals surface area contributed by atoms with Crippen LogP contribution in [0.4, 0.5) is 15.8 Å². The number of non-ortho nitro benzene ring substituents is 1. The van der Waals surface area contributed by atoms with Crippen LogP contribution in [0.5, 0.6) is 5.75 Å². The lowest BCUT2D eigenvalue weighted by molar-refractivity contribution is -0.384. The maximum absolute atomic E-state index is 12.7. The molecule has 0 unspecified atom stereocenters. The first-order chi connectivity index (χ1) is 9.06. The first kappa shape index (κ1) is 12.8. The summed E-state index contributed by atoms with van der Waals surface area (Å²) in [6.07, 6.45) is 0. The second kappa shape index (κ2) is 5.34. The van der Waals surface area contributed by atoms with Crippen LogP contribution in [-0.4, -0.2) is 10.0 Å². The van der Waals surface area contributed by atoms with Gasteiger partial charge in [-0.2, -0.15) is 0 Å². The smallest absolute Gasteiger partial charge is 0.270 e. The Balaban J connectivity index is 2.12. The molecular formula is C13H11FN2O3. The van der Waals surface area contributed by atoms with Crippen LogP contribution >= 0.6 is 0 Å². The van der Waals surface area contributed by atoms with Crippen molar-refractivity contribution in [1.82, 2.24) is 0 Å². The molecule has 0 aliphatic rings. The quantitative estimate of drug-likeness (QED) is 0.656. The van der Waals surface area contributed by atoms with Crippen LogP contribution in [0, 0.1) is 15.9 Å². The molecule has 0 saturated carbocycles. The number of anilines is 1. The molecule has 0 aliphatic heterocycles. The van der Waals surface area contributed by atoms with Crippen molar-refractivity contribution in [2.75, 3.05) is 5.32 Å². The van der Waals surface area contributed by atoms with Crippen molar-refractivity contribution in [3.8, 4) is 5.75 Å². The number of aromatic hydroxyl groups is 1. The molecule has 0 radical (unpaired) electrons. The van der Waals surface area contributed by atoms with Crippen LogP contribution in [-0.2, 0) is 6.54 Å². The molecule has 6 heteroatoms. The first-order valence-corrected chi connectivity index (χ1v) is 5.52. The van der Waals surface area contributed by atoms with Gasteiger partial charge in [0.15, 0.2) is 0 Å². The standard InChI is InChI=1S/C13H11FN2O3/c14-10-1-3-11(4-2-10)15-8-9-7-12(16(18)19)5-6-13(9)17/h1-7,15,17H,8H2. The van der Waals surface area contributed by atoms with E-state index in [0.29, 0.717) is 11.3 Å². The highest BCUT2D eigenvalue weighted by molar-refractivity contribution is 5.47. The zero-order chi connectivity index (χ0) is 13.8. The molecule has 0 aromatic heterocycles. The van der Waals surface area contributed by atoms with Gasteiger partial charge in [-0.1, -0.05) is 0 Å². The average molecular weight is 262 g/mol. The molecule has 0 aliphatic carbocycles. The lowest BCUT2D eigenvalue weighted by Gasteiger charge is -2.08. The summed E-state index contributed by atoms with van der Waals surface area (Å²) in [5.41, 5.74) is 0.972. The Kier molecular flexibility index (Phi) is 3.61. The van der Waals surface area contributed by atoms with Gasteiger partial charge in [-0.15, -0.1) is 0 Å². The Labute approximate surface area is 108 Å². The van der Waals surface area contributed by atoms with Crippen LogP contribution in [0.1, 0.15) is 5.56 Å². The van der Waals surface area contributed by atoms with E-state index >= 15 is 0 Å². The van der Waals surface area contributed by atoms with E-state index in [9.17, 15) is 19.6 Å². The second-order valence-electron chi connectivity index (χ2n) is 3.93. The number of nitro benzene ring substituents is 1. The van der Waals surface area contributed by atoms with E-state index < -0.39 is 4.92 Å². The van der Waals surface area contributed by atoms with Gasteiger partial charge >= 0.3 is 0 Å². The zero-order valence-electron chi connectivity index (χ0n) is 9.84. The Morgan fingerprint density at radius 3 is 2.53 bits per heavy atom. The number of benzene rings is 2. The van der Waals surface area contributed by atoms with Crippen molar-refractivity contribution in [1.29, 1.82) is 0 Å². The highest BCUT2D eigenvalue weighted by Crippen LogP contribution is 2.23. The molecule has 2 aromatic rings. The maximum Gasteiger partial charge on any atom is 0.270 e. The number of phenolic OH excluding ortho intramolecular Hbond substituents is 1. The van der Waals surface area contributed by atoms with Crippen molar-refractivity contribution in [3.05, 3.63) is 64.0 Å². The van der Waals surface area contributed by atoms with Crippen molar-refractivity contribution < 1.29 is 14.4 Å². The lowest BCUT2D eigenvalue weighted by Crippen LogP contribution is -2.00. The molecule has 0 bridgehead atoms. The summed E-state index contributed by atoms with van der Waals surface area (Å²) in [5.74, 6) is -0.371. The molecule has 2 rings (SSSR count). The lowest BCUT2D eigenvalue weighted by atomic mass is 10.1. The zero-order valence-corrected chi connectivity index (χ0v) is 9.84. The largest absolute Gasteiger partial charge is 0.508 e. The minimum Gasteiger partial charge on any atom is -0.508 e. The fourth-order valence-corrected chi connectivity index (χ4v) is 1.59. The Bertz CT molecular complexity index is 599. The van der Waals surface area contributed by atoms with E-state index in [4.69, 9.17) is 0 Å². The van der Waals surface area contributed by atoms with Gasteiger partial charge in [-0.25, -0.2) is 4.39 Å². The summed E-state index contributed by atoms with van der Waals surface area (Å²) < 4.78 is 12.7. The fraction of sp³-hybridized carbons (Fsp3) is 0.0769. The molecule has 5 nitrogen and oxygen atoms in total. The van der Waals surface area contributed by atoms with E-state index in [1.165, 1.54) is 30.3 Å². The number of hydrogen-bond acceptors (Lipinski definition) is 4. The third-order valence-electron chi connectivity index (χ3n) is 2.60. The highest BCUT2D eigenvalue weighted by Gasteiger charge is 2.09. The van der Waals surface area contributed by atoms with Crippen LogP contribution in [0.3, 0.4) is 0 Å². The molecule has 0 heterocycles. The second-order valence-corrected chi connectivity index (χ2v) is 3.93. The average Bonchev–Trinajstić information content (AvgIpc) is 2.39. The molecular weight excluding hydrogens is 251 g/mol. The summed E-state index contributed by atoms with van der Waals surface area (Å²) in [5, 5.41) is 23.2. The predicted octanol–water partition coefficient (Wildman–Crippen LogP) is 3.05. The van der Waals surface area contributed by atoms with E-state index in [1.807, 2.05) is 0 Å². The van der Waals surface area contributed by atoms with Crippen molar-refractivity contribution in [2.24, 2.45) is 0 Å². The maximum atomic E-state index is 12.7. The van der Waals surface area contributed by atoms with Gasteiger partial charge in [-0.05, 0) is 30.3 Å². The molecule has 0 amide bonds. The SMILES string of the molecule is O=[N+]([O-])c1ccc(O)c(CNc2ccc(F)cc2)c1. The molecule has 0 atom stereocenters. The number of nitrogens with one attached hydrogen (secondary N) is 1. The summed E-state index contributed by atoms with van der Waals surface area (Å²) in [7, 11) is 0. The van der Waals surface area contributed by atoms with E-state index in [2.05, 4.69) is 5.32 Å². The highest BCUT2D eigenvalue weighted by atomic mass is 19.1. The summed E-state index contributed by atoms with van der Waals surface area (Å²) in [6.45, 7) is 0.207. The van der Waals surface area contributed by atoms with Crippen molar-refractivity contribution >= 4 is 11.4 Å². The van der Waals surface area contributed by atoms with Crippen LogP contribution in [0.15, 0.2) is 42.5 Å². The Morgan fingerprint density at radius 2 is 1.89 bits per heavy atom. The van der Waals surface area contributed by atoms with Gasteiger partial charge in [0, 0.05) is 29.9 Å². The molecule has 19 heavy (non-hydrogen) atoms. The van der Waals surface area contributed by atoms with Crippen molar-refractivity contribution in [2.45, 2.75) is 6.54 Å². The van der Waals surface area contributed by atoms with Gasteiger partial charge in [0.25, 0.3) is 5.69 Å². The van der Waals surface area contributed by atoms with Gasteiger partial charge in [0.05, 0.1) is 4.92 Å². The molecule has 98 valence electrons. The van der Waals surface area contributed by atoms with Crippen molar-refractivity contribution in [3.63, 3.8) is 0 Å². The molecule has 0 spiro atoms. The number of nitro groups is 1. The third kappa shape index (κ3) is 3.19. The summed E-state index contributed by atoms with van der Waals surface area (Å²) >= 11 is 0. The van der Waals surface area contributed by atoms with Gasteiger partial charge in [0.2, 0.25) is 0 Å². The third-order valence-corrected chi connectivity index (χ3v) is 2.60. The minimum atomic E-state index is -0.527.